The molecule has 0 saturated carbocycles. The van der Waals surface area contributed by atoms with E-state index in [4.69, 9.17) is 10.5 Å². The average molecular weight is 282 g/mol. The summed E-state index contributed by atoms with van der Waals surface area (Å²) in [7, 11) is 0. The van der Waals surface area contributed by atoms with E-state index in [0.29, 0.717) is 5.71 Å². The van der Waals surface area contributed by atoms with Crippen molar-refractivity contribution in [3.8, 4) is 6.07 Å². The standard InChI is InChI=1S/C11H12BrN3O/c1-8(15-16)11(14-7-6-13)9-4-2-3-5-10(9)12/h2-5,8,15-16H,7H2,1H3. The number of hydrogen-bond donors (Lipinski definition) is 2. The van der Waals surface area contributed by atoms with Gasteiger partial charge in [0, 0.05) is 10.0 Å². The topological polar surface area (TPSA) is 68.4 Å². The first-order chi connectivity index (χ1) is 7.70. The zero-order valence-electron chi connectivity index (χ0n) is 8.81. The summed E-state index contributed by atoms with van der Waals surface area (Å²) in [6, 6.07) is 9.18. The molecule has 4 nitrogen and oxygen atoms in total. The lowest BCUT2D eigenvalue weighted by Gasteiger charge is -2.14. The zero-order valence-corrected chi connectivity index (χ0v) is 10.4. The summed E-state index contributed by atoms with van der Waals surface area (Å²) in [4.78, 5) is 4.15. The molecule has 0 radical (unpaired) electrons. The second-order valence-electron chi connectivity index (χ2n) is 3.19. The van der Waals surface area contributed by atoms with Crippen molar-refractivity contribution in [1.82, 2.24) is 5.48 Å². The van der Waals surface area contributed by atoms with Crippen molar-refractivity contribution in [2.24, 2.45) is 4.99 Å². The summed E-state index contributed by atoms with van der Waals surface area (Å²) in [6.07, 6.45) is 0. The normalized spacial score (nSPS) is 13.2. The van der Waals surface area contributed by atoms with E-state index in [1.165, 1.54) is 0 Å². The van der Waals surface area contributed by atoms with Crippen molar-refractivity contribution in [2.45, 2.75) is 13.0 Å². The maximum Gasteiger partial charge on any atom is 0.126 e. The minimum atomic E-state index is -0.327. The number of aliphatic imine (C=N–C) groups is 1. The van der Waals surface area contributed by atoms with Crippen LogP contribution >= 0.6 is 15.9 Å². The van der Waals surface area contributed by atoms with Gasteiger partial charge in [-0.15, -0.1) is 0 Å². The fourth-order valence-corrected chi connectivity index (χ4v) is 1.79. The highest BCUT2D eigenvalue weighted by molar-refractivity contribution is 9.10. The Morgan fingerprint density at radius 1 is 1.62 bits per heavy atom. The van der Waals surface area contributed by atoms with Gasteiger partial charge in [-0.2, -0.15) is 10.7 Å². The minimum absolute atomic E-state index is 0.0721. The average Bonchev–Trinajstić information content (AvgIpc) is 2.31. The number of nitrogens with one attached hydrogen (secondary N) is 1. The molecule has 2 N–H and O–H groups in total. The third-order valence-electron chi connectivity index (χ3n) is 2.07. The molecule has 1 aromatic rings. The van der Waals surface area contributed by atoms with Crippen LogP contribution in [0.1, 0.15) is 12.5 Å². The van der Waals surface area contributed by atoms with Gasteiger partial charge in [-0.3, -0.25) is 4.99 Å². The molecule has 0 fully saturated rings. The quantitative estimate of drug-likeness (QED) is 0.505. The van der Waals surface area contributed by atoms with Gasteiger partial charge in [0.25, 0.3) is 0 Å². The Bertz CT molecular complexity index is 425. The van der Waals surface area contributed by atoms with E-state index in [9.17, 15) is 0 Å². The highest BCUT2D eigenvalue weighted by atomic mass is 79.9. The van der Waals surface area contributed by atoms with Gasteiger partial charge in [0.2, 0.25) is 0 Å². The van der Waals surface area contributed by atoms with E-state index >= 15 is 0 Å². The Morgan fingerprint density at radius 3 is 2.88 bits per heavy atom. The number of benzene rings is 1. The van der Waals surface area contributed by atoms with Crippen LogP contribution in [0.15, 0.2) is 33.7 Å². The molecule has 0 heterocycles. The van der Waals surface area contributed by atoms with Crippen LogP contribution < -0.4 is 5.48 Å². The van der Waals surface area contributed by atoms with Gasteiger partial charge < -0.3 is 5.21 Å². The predicted octanol–water partition coefficient (Wildman–Crippen LogP) is 2.13. The highest BCUT2D eigenvalue weighted by Crippen LogP contribution is 2.18. The second-order valence-corrected chi connectivity index (χ2v) is 4.04. The third-order valence-corrected chi connectivity index (χ3v) is 2.77. The summed E-state index contributed by atoms with van der Waals surface area (Å²) >= 11 is 3.41. The van der Waals surface area contributed by atoms with Crippen LogP contribution in [0.4, 0.5) is 0 Å². The lowest BCUT2D eigenvalue weighted by atomic mass is 10.0. The summed E-state index contributed by atoms with van der Waals surface area (Å²) < 4.78 is 0.883. The molecule has 84 valence electrons. The SMILES string of the molecule is CC(NO)C(=NCC#N)c1ccccc1Br. The van der Waals surface area contributed by atoms with Crippen molar-refractivity contribution in [3.63, 3.8) is 0 Å². The number of nitrogens with zero attached hydrogens (tertiary/aromatic N) is 2. The highest BCUT2D eigenvalue weighted by Gasteiger charge is 2.13. The number of nitriles is 1. The fourth-order valence-electron chi connectivity index (χ4n) is 1.31. The maximum atomic E-state index is 8.93. The smallest absolute Gasteiger partial charge is 0.126 e. The number of hydrogen-bond acceptors (Lipinski definition) is 4. The molecule has 0 amide bonds. The van der Waals surface area contributed by atoms with Crippen LogP contribution in [0.5, 0.6) is 0 Å². The summed E-state index contributed by atoms with van der Waals surface area (Å²) in [5.74, 6) is 0. The molecular weight excluding hydrogens is 270 g/mol. The molecule has 1 aromatic carbocycles. The predicted molar refractivity (Wildman–Crippen MR) is 65.5 cm³/mol. The lowest BCUT2D eigenvalue weighted by molar-refractivity contribution is 0.155. The van der Waals surface area contributed by atoms with Gasteiger partial charge in [-0.05, 0) is 13.0 Å². The Morgan fingerprint density at radius 2 is 2.31 bits per heavy atom. The van der Waals surface area contributed by atoms with Crippen LogP contribution in [0, 0.1) is 11.3 Å². The molecule has 0 aromatic heterocycles. The molecule has 0 aliphatic heterocycles. The van der Waals surface area contributed by atoms with Gasteiger partial charge >= 0.3 is 0 Å². The molecule has 5 heteroatoms. The summed E-state index contributed by atoms with van der Waals surface area (Å²) in [5.41, 5.74) is 3.66. The van der Waals surface area contributed by atoms with E-state index in [1.807, 2.05) is 30.3 Å². The first-order valence-electron chi connectivity index (χ1n) is 4.76. The monoisotopic (exact) mass is 281 g/mol. The van der Waals surface area contributed by atoms with E-state index in [0.717, 1.165) is 10.0 Å². The summed E-state index contributed by atoms with van der Waals surface area (Å²) in [5, 5.41) is 17.5. The van der Waals surface area contributed by atoms with Crippen molar-refractivity contribution in [1.29, 1.82) is 5.26 Å². The molecule has 0 bridgehead atoms. The molecule has 0 aliphatic rings. The first-order valence-corrected chi connectivity index (χ1v) is 5.55. The molecule has 1 rings (SSSR count). The zero-order chi connectivity index (χ0) is 12.0. The molecule has 1 atom stereocenters. The van der Waals surface area contributed by atoms with E-state index in [2.05, 4.69) is 26.4 Å². The number of rotatable bonds is 4. The number of halogens is 1. The second kappa shape index (κ2) is 6.38. The molecule has 1 unspecified atom stereocenters. The van der Waals surface area contributed by atoms with Crippen molar-refractivity contribution < 1.29 is 5.21 Å². The van der Waals surface area contributed by atoms with Gasteiger partial charge in [0.05, 0.1) is 17.8 Å². The molecule has 0 spiro atoms. The van der Waals surface area contributed by atoms with E-state index < -0.39 is 0 Å². The Hall–Kier alpha value is -1.22. The molecule has 0 saturated heterocycles. The van der Waals surface area contributed by atoms with Gasteiger partial charge in [0.1, 0.15) is 6.54 Å². The van der Waals surface area contributed by atoms with E-state index in [1.54, 1.807) is 6.92 Å². The van der Waals surface area contributed by atoms with Crippen molar-refractivity contribution >= 4 is 21.6 Å². The molecule has 16 heavy (non-hydrogen) atoms. The van der Waals surface area contributed by atoms with Crippen LogP contribution in [-0.4, -0.2) is 23.5 Å². The number of hydroxylamine groups is 1. The van der Waals surface area contributed by atoms with Crippen LogP contribution in [0.3, 0.4) is 0 Å². The lowest BCUT2D eigenvalue weighted by Crippen LogP contribution is -2.32. The van der Waals surface area contributed by atoms with Crippen LogP contribution in [0.2, 0.25) is 0 Å². The van der Waals surface area contributed by atoms with Crippen molar-refractivity contribution in [2.75, 3.05) is 6.54 Å². The Labute approximate surface area is 103 Å². The minimum Gasteiger partial charge on any atom is -0.316 e. The fraction of sp³-hybridized carbons (Fsp3) is 0.273. The third kappa shape index (κ3) is 3.14. The largest absolute Gasteiger partial charge is 0.316 e. The van der Waals surface area contributed by atoms with Crippen LogP contribution in [0.25, 0.3) is 0 Å². The van der Waals surface area contributed by atoms with E-state index in [-0.39, 0.29) is 12.6 Å². The summed E-state index contributed by atoms with van der Waals surface area (Å²) in [6.45, 7) is 1.85. The van der Waals surface area contributed by atoms with Gasteiger partial charge in [-0.25, -0.2) is 0 Å². The van der Waals surface area contributed by atoms with Crippen LogP contribution in [-0.2, 0) is 0 Å². The van der Waals surface area contributed by atoms with Gasteiger partial charge in [0.15, 0.2) is 0 Å². The van der Waals surface area contributed by atoms with Gasteiger partial charge in [-0.1, -0.05) is 34.1 Å². The Balaban J connectivity index is 3.12. The van der Waals surface area contributed by atoms with Crippen molar-refractivity contribution in [3.05, 3.63) is 34.3 Å². The first kappa shape index (κ1) is 12.8. The maximum absolute atomic E-state index is 8.93. The molecule has 0 aliphatic carbocycles. The molecular formula is C11H12BrN3O. The Kier molecular flexibility index (Phi) is 5.12.